The third kappa shape index (κ3) is 7.29. The van der Waals surface area contributed by atoms with E-state index in [0.29, 0.717) is 51.1 Å². The van der Waals surface area contributed by atoms with E-state index in [0.717, 1.165) is 5.56 Å². The molecule has 3 heterocycles. The number of carbonyl (C=O) groups excluding carboxylic acids is 3. The number of hydrogen-bond acceptors (Lipinski definition) is 8. The van der Waals surface area contributed by atoms with Crippen LogP contribution in [0.3, 0.4) is 0 Å². The highest BCUT2D eigenvalue weighted by atomic mass is 19.1. The van der Waals surface area contributed by atoms with E-state index in [9.17, 15) is 29.0 Å². The summed E-state index contributed by atoms with van der Waals surface area (Å²) in [6, 6.07) is 11.8. The van der Waals surface area contributed by atoms with Crippen LogP contribution in [0.1, 0.15) is 74.1 Å². The number of benzene rings is 2. The van der Waals surface area contributed by atoms with Crippen LogP contribution < -0.4 is 21.1 Å². The fourth-order valence-corrected chi connectivity index (χ4v) is 5.56. The number of aliphatic hydroxyl groups is 2. The number of rotatable bonds is 11. The van der Waals surface area contributed by atoms with Crippen molar-refractivity contribution in [3.8, 4) is 17.0 Å². The number of primary amides is 1. The molecule has 48 heavy (non-hydrogen) atoms. The zero-order valence-electron chi connectivity index (χ0n) is 27.6. The number of anilines is 1. The average Bonchev–Trinajstić information content (AvgIpc) is 3.36. The smallest absolute Gasteiger partial charge is 0.319 e. The third-order valence-corrected chi connectivity index (χ3v) is 8.64. The van der Waals surface area contributed by atoms with Crippen molar-refractivity contribution in [1.29, 1.82) is 0 Å². The lowest BCUT2D eigenvalue weighted by molar-refractivity contribution is -0.123. The molecule has 0 saturated carbocycles. The molecule has 252 valence electrons. The Labute approximate surface area is 277 Å². The van der Waals surface area contributed by atoms with Gasteiger partial charge in [0.05, 0.1) is 22.5 Å². The van der Waals surface area contributed by atoms with Gasteiger partial charge in [0.25, 0.3) is 0 Å². The Balaban J connectivity index is 1.43. The van der Waals surface area contributed by atoms with Gasteiger partial charge >= 0.3 is 6.03 Å². The molecule has 1 aliphatic rings. The molecule has 2 atom stereocenters. The molecule has 2 aromatic carbocycles. The van der Waals surface area contributed by atoms with Gasteiger partial charge in [0.15, 0.2) is 5.78 Å². The maximum atomic E-state index is 13.8. The maximum Gasteiger partial charge on any atom is 0.319 e. The number of nitrogens with two attached hydrogens (primary N) is 1. The van der Waals surface area contributed by atoms with E-state index in [4.69, 9.17) is 10.5 Å². The Morgan fingerprint density at radius 3 is 2.44 bits per heavy atom. The van der Waals surface area contributed by atoms with Crippen molar-refractivity contribution in [2.75, 3.05) is 18.5 Å². The normalized spacial score (nSPS) is 16.9. The highest BCUT2D eigenvalue weighted by Gasteiger charge is 2.45. The molecule has 0 bridgehead atoms. The van der Waals surface area contributed by atoms with Crippen molar-refractivity contribution in [2.45, 2.75) is 70.5 Å². The molecule has 0 radical (unpaired) electrons. The minimum Gasteiger partial charge on any atom is -0.489 e. The third-order valence-electron chi connectivity index (χ3n) is 8.64. The number of fused-ring (bicyclic) bond motifs is 2. The summed E-state index contributed by atoms with van der Waals surface area (Å²) in [7, 11) is 0. The van der Waals surface area contributed by atoms with Crippen molar-refractivity contribution >= 4 is 34.3 Å². The van der Waals surface area contributed by atoms with E-state index >= 15 is 0 Å². The van der Waals surface area contributed by atoms with E-state index in [-0.39, 0.29) is 37.5 Å². The number of halogens is 1. The van der Waals surface area contributed by atoms with Crippen LogP contribution in [0.4, 0.5) is 14.9 Å². The largest absolute Gasteiger partial charge is 0.489 e. The first-order chi connectivity index (χ1) is 22.5. The van der Waals surface area contributed by atoms with E-state index in [1.165, 1.54) is 31.2 Å². The Bertz CT molecular complexity index is 1900. The first-order valence-corrected chi connectivity index (χ1v) is 15.6. The van der Waals surface area contributed by atoms with Gasteiger partial charge in [-0.1, -0.05) is 0 Å². The highest BCUT2D eigenvalue weighted by molar-refractivity contribution is 6.06. The molecule has 2 aromatic heterocycles. The molecule has 6 N–H and O–H groups in total. The summed E-state index contributed by atoms with van der Waals surface area (Å²) in [6.07, 6.45) is 1.87. The van der Waals surface area contributed by atoms with Gasteiger partial charge in [-0.3, -0.25) is 14.6 Å². The first-order valence-electron chi connectivity index (χ1n) is 15.6. The Hall–Kier alpha value is -4.94. The summed E-state index contributed by atoms with van der Waals surface area (Å²) < 4.78 is 19.6. The lowest BCUT2D eigenvalue weighted by Crippen LogP contribution is -2.40. The van der Waals surface area contributed by atoms with E-state index in [1.807, 2.05) is 13.0 Å². The topological polar surface area (TPSA) is 177 Å². The Kier molecular flexibility index (Phi) is 9.26. The summed E-state index contributed by atoms with van der Waals surface area (Å²) in [4.78, 5) is 48.0. The van der Waals surface area contributed by atoms with Gasteiger partial charge in [-0.15, -0.1) is 0 Å². The lowest BCUT2D eigenvalue weighted by atomic mass is 9.81. The molecule has 12 heteroatoms. The Morgan fingerprint density at radius 1 is 1.06 bits per heavy atom. The second-order valence-electron chi connectivity index (χ2n) is 13.5. The maximum absolute atomic E-state index is 13.8. The van der Waals surface area contributed by atoms with E-state index in [1.54, 1.807) is 45.2 Å². The number of aryl methyl sites for hydroxylation is 1. The van der Waals surface area contributed by atoms with Gasteiger partial charge in [0.2, 0.25) is 5.91 Å². The fraction of sp³-hybridized carbons (Fsp3) is 0.361. The molecule has 0 aliphatic carbocycles. The molecule has 4 aromatic rings. The van der Waals surface area contributed by atoms with Crippen LogP contribution in [-0.2, 0) is 15.8 Å². The van der Waals surface area contributed by atoms with Gasteiger partial charge in [-0.25, -0.2) is 14.2 Å². The molecule has 3 amide bonds. The minimum atomic E-state index is -1.64. The number of urea groups is 1. The van der Waals surface area contributed by atoms with Crippen LogP contribution >= 0.6 is 0 Å². The number of hydrogen-bond donors (Lipinski definition) is 5. The van der Waals surface area contributed by atoms with E-state index in [2.05, 4.69) is 20.6 Å². The van der Waals surface area contributed by atoms with Crippen molar-refractivity contribution in [3.63, 3.8) is 0 Å². The van der Waals surface area contributed by atoms with Crippen LogP contribution in [0.5, 0.6) is 5.75 Å². The van der Waals surface area contributed by atoms with Crippen molar-refractivity contribution in [1.82, 2.24) is 15.3 Å². The zero-order chi connectivity index (χ0) is 35.0. The number of aromatic nitrogens is 2. The number of carbonyl (C=O) groups is 3. The number of amides is 3. The summed E-state index contributed by atoms with van der Waals surface area (Å²) >= 11 is 0. The van der Waals surface area contributed by atoms with Crippen LogP contribution in [0.15, 0.2) is 54.7 Å². The molecular formula is C36H40FN5O6. The van der Waals surface area contributed by atoms with Crippen LogP contribution in [-0.4, -0.2) is 56.7 Å². The van der Waals surface area contributed by atoms with Crippen molar-refractivity contribution in [2.24, 2.45) is 5.73 Å². The predicted molar refractivity (Wildman–Crippen MR) is 179 cm³/mol. The molecular weight excluding hydrogens is 617 g/mol. The number of Topliss-reactive ketones (excluding diaryl/α,β-unsaturated/α-hetero) is 1. The molecule has 0 saturated heterocycles. The molecule has 0 spiro atoms. The monoisotopic (exact) mass is 657 g/mol. The number of pyridine rings is 2. The van der Waals surface area contributed by atoms with Crippen LogP contribution in [0, 0.1) is 12.7 Å². The summed E-state index contributed by atoms with van der Waals surface area (Å²) in [5.74, 6) is -1.03. The first kappa shape index (κ1) is 34.4. The standard InChI is InChI=1S/C36H40FN5O6/c1-20-14-23-15-22(16-26(29(23)40-18-20)41-33(45)39-13-12-34(2,3)46)27(43)10-11-36(5,47)28-17-25-31(48-19-35(25,4)32(38)44)30(42-28)21-6-8-24(37)9-7-21/h6-9,14-18,46-47H,10-13,19H2,1-5H3,(H2,38,44)(H2,39,41,45)/t35-,36-/m0/s1. The molecule has 0 unspecified atom stereocenters. The fourth-order valence-electron chi connectivity index (χ4n) is 5.56. The van der Waals surface area contributed by atoms with Crippen molar-refractivity contribution in [3.05, 3.63) is 82.9 Å². The van der Waals surface area contributed by atoms with Gasteiger partial charge in [0, 0.05) is 41.2 Å². The van der Waals surface area contributed by atoms with Gasteiger partial charge in [0.1, 0.15) is 34.9 Å². The van der Waals surface area contributed by atoms with Gasteiger partial charge < -0.3 is 31.3 Å². The second-order valence-corrected chi connectivity index (χ2v) is 13.5. The van der Waals surface area contributed by atoms with Crippen LogP contribution in [0.2, 0.25) is 0 Å². The summed E-state index contributed by atoms with van der Waals surface area (Å²) in [5.41, 5.74) is 5.44. The van der Waals surface area contributed by atoms with E-state index < -0.39 is 34.4 Å². The lowest BCUT2D eigenvalue weighted by Gasteiger charge is -2.26. The highest BCUT2D eigenvalue weighted by Crippen LogP contribution is 2.46. The predicted octanol–water partition coefficient (Wildman–Crippen LogP) is 5.03. The average molecular weight is 658 g/mol. The second kappa shape index (κ2) is 12.9. The number of ether oxygens (including phenoxy) is 1. The minimum absolute atomic E-state index is 0.0261. The summed E-state index contributed by atoms with van der Waals surface area (Å²) in [5, 5.41) is 27.8. The van der Waals surface area contributed by atoms with Gasteiger partial charge in [-0.05, 0) is 102 Å². The molecule has 5 rings (SSSR count). The number of nitrogens with one attached hydrogen (secondary N) is 2. The van der Waals surface area contributed by atoms with Crippen molar-refractivity contribution < 1.29 is 33.7 Å². The zero-order valence-corrected chi connectivity index (χ0v) is 27.6. The quantitative estimate of drug-likeness (QED) is 0.139. The molecule has 11 nitrogen and oxygen atoms in total. The molecule has 1 aliphatic heterocycles. The summed E-state index contributed by atoms with van der Waals surface area (Å²) in [6.45, 7) is 8.55. The number of nitrogens with zero attached hydrogens (tertiary/aromatic N) is 2. The SMILES string of the molecule is Cc1cnc2c(NC(=O)NCCC(C)(C)O)cc(C(=O)CC[C@](C)(O)c3cc4c(c(-c5ccc(F)cc5)n3)OC[C@]4(C)C(N)=O)cc2c1. The van der Waals surface area contributed by atoms with Gasteiger partial charge in [-0.2, -0.15) is 0 Å². The molecule has 0 fully saturated rings. The van der Waals surface area contributed by atoms with Crippen LogP contribution in [0.25, 0.3) is 22.2 Å². The number of ketones is 1. The Morgan fingerprint density at radius 2 is 1.77 bits per heavy atom.